The Morgan fingerprint density at radius 2 is 1.96 bits per heavy atom. The van der Waals surface area contributed by atoms with E-state index >= 15 is 0 Å². The average Bonchev–Trinajstić information content (AvgIpc) is 3.20. The van der Waals surface area contributed by atoms with E-state index in [2.05, 4.69) is 0 Å². The van der Waals surface area contributed by atoms with E-state index in [0.717, 1.165) is 11.3 Å². The van der Waals surface area contributed by atoms with Crippen molar-refractivity contribution in [1.82, 2.24) is 4.90 Å². The third kappa shape index (κ3) is 2.89. The van der Waals surface area contributed by atoms with Gasteiger partial charge in [-0.15, -0.1) is 0 Å². The maximum absolute atomic E-state index is 13.3. The molecule has 3 aromatic rings. The number of nitrogens with zero attached hydrogens (tertiary/aromatic N) is 2. The number of aromatic hydroxyl groups is 1. The molecule has 0 radical (unpaired) electrons. The average molecular weight is 364 g/mol. The number of rotatable bonds is 4. The summed E-state index contributed by atoms with van der Waals surface area (Å²) in [5.74, 6) is 1.05. The molecule has 1 unspecified atom stereocenters. The first kappa shape index (κ1) is 17.0. The summed E-state index contributed by atoms with van der Waals surface area (Å²) >= 11 is 0. The lowest BCUT2D eigenvalue weighted by Gasteiger charge is -2.43. The van der Waals surface area contributed by atoms with Crippen molar-refractivity contribution in [3.8, 4) is 11.5 Å². The van der Waals surface area contributed by atoms with Gasteiger partial charge < -0.3 is 24.1 Å². The number of carbonyl (C=O) groups is 1. The topological polar surface area (TPSA) is 66.2 Å². The molecule has 0 fully saturated rings. The van der Waals surface area contributed by atoms with Gasteiger partial charge in [0.15, 0.2) is 11.5 Å². The van der Waals surface area contributed by atoms with Crippen LogP contribution in [-0.2, 0) is 6.54 Å². The molecular weight excluding hydrogens is 344 g/mol. The van der Waals surface area contributed by atoms with E-state index in [1.807, 2.05) is 42.3 Å². The summed E-state index contributed by atoms with van der Waals surface area (Å²) in [6, 6.07) is 16.3. The van der Waals surface area contributed by atoms with E-state index in [9.17, 15) is 9.90 Å². The van der Waals surface area contributed by atoms with Gasteiger partial charge in [-0.25, -0.2) is 0 Å². The smallest absolute Gasteiger partial charge is 0.258 e. The van der Waals surface area contributed by atoms with Crippen molar-refractivity contribution in [2.75, 3.05) is 19.1 Å². The monoisotopic (exact) mass is 364 g/mol. The summed E-state index contributed by atoms with van der Waals surface area (Å²) in [4.78, 5) is 17.1. The minimum atomic E-state index is -0.369. The van der Waals surface area contributed by atoms with Crippen molar-refractivity contribution in [1.29, 1.82) is 0 Å². The lowest BCUT2D eigenvalue weighted by atomic mass is 10.0. The Kier molecular flexibility index (Phi) is 4.24. The third-order valence-corrected chi connectivity index (χ3v) is 4.85. The van der Waals surface area contributed by atoms with Gasteiger partial charge in [-0.05, 0) is 42.0 Å². The maximum atomic E-state index is 13.3. The summed E-state index contributed by atoms with van der Waals surface area (Å²) in [7, 11) is 3.45. The molecule has 1 N–H and O–H groups in total. The zero-order chi connectivity index (χ0) is 19.0. The number of furan rings is 1. The Morgan fingerprint density at radius 1 is 1.15 bits per heavy atom. The molecule has 2 heterocycles. The van der Waals surface area contributed by atoms with Crippen LogP contribution in [-0.4, -0.2) is 30.1 Å². The minimum Gasteiger partial charge on any atom is -0.504 e. The number of methoxy groups -OCH3 is 1. The van der Waals surface area contributed by atoms with Crippen molar-refractivity contribution in [2.45, 2.75) is 12.7 Å². The highest BCUT2D eigenvalue weighted by Crippen LogP contribution is 2.40. The predicted molar refractivity (Wildman–Crippen MR) is 101 cm³/mol. The number of benzene rings is 2. The highest BCUT2D eigenvalue weighted by atomic mass is 16.5. The van der Waals surface area contributed by atoms with Crippen molar-refractivity contribution in [2.24, 2.45) is 0 Å². The second-order valence-electron chi connectivity index (χ2n) is 6.45. The fraction of sp³-hybridized carbons (Fsp3) is 0.190. The quantitative estimate of drug-likeness (QED) is 0.763. The number of hydrogen-bond acceptors (Lipinski definition) is 5. The summed E-state index contributed by atoms with van der Waals surface area (Å²) in [6.07, 6.45) is 1.23. The predicted octanol–water partition coefficient (Wildman–Crippen LogP) is 3.78. The van der Waals surface area contributed by atoms with Crippen LogP contribution in [0.25, 0.3) is 0 Å². The first-order valence-corrected chi connectivity index (χ1v) is 8.62. The lowest BCUT2D eigenvalue weighted by Crippen LogP contribution is -2.47. The molecule has 1 aromatic heterocycles. The largest absolute Gasteiger partial charge is 0.504 e. The summed E-state index contributed by atoms with van der Waals surface area (Å²) in [6.45, 7) is 0.332. The molecule has 0 aliphatic carbocycles. The molecule has 0 spiro atoms. The molecule has 0 saturated heterocycles. The Labute approximate surface area is 157 Å². The lowest BCUT2D eigenvalue weighted by molar-refractivity contribution is 0.0619. The van der Waals surface area contributed by atoms with Crippen molar-refractivity contribution in [3.05, 3.63) is 77.7 Å². The Morgan fingerprint density at radius 3 is 2.70 bits per heavy atom. The van der Waals surface area contributed by atoms with Crippen molar-refractivity contribution >= 4 is 11.6 Å². The van der Waals surface area contributed by atoms with Gasteiger partial charge in [0.1, 0.15) is 11.9 Å². The maximum Gasteiger partial charge on any atom is 0.258 e. The number of hydrogen-bond donors (Lipinski definition) is 1. The van der Waals surface area contributed by atoms with E-state index < -0.39 is 0 Å². The van der Waals surface area contributed by atoms with Crippen LogP contribution in [0.2, 0.25) is 0 Å². The summed E-state index contributed by atoms with van der Waals surface area (Å²) in [5.41, 5.74) is 2.34. The minimum absolute atomic E-state index is 0.0593. The number of para-hydroxylation sites is 1. The Hall–Kier alpha value is -3.41. The van der Waals surface area contributed by atoms with Gasteiger partial charge in [0, 0.05) is 7.05 Å². The van der Waals surface area contributed by atoms with Crippen LogP contribution < -0.4 is 9.64 Å². The standard InChI is InChI=1S/C21H20N2O4/c1-22-17-8-4-3-7-16(17)21(25)23(13-15-6-5-11-27-15)20(22)14-9-10-18(24)19(12-14)26-2/h3-12,20,24H,13H2,1-2H3. The number of ether oxygens (including phenoxy) is 1. The van der Waals surface area contributed by atoms with Crippen LogP contribution in [0.1, 0.15) is 27.8 Å². The number of fused-ring (bicyclic) bond motifs is 1. The van der Waals surface area contributed by atoms with E-state index in [-0.39, 0.29) is 17.8 Å². The van der Waals surface area contributed by atoms with Gasteiger partial charge in [0.05, 0.1) is 31.2 Å². The SMILES string of the molecule is COc1cc(C2N(Cc3ccco3)C(=O)c3ccccc3N2C)ccc1O. The van der Waals surface area contributed by atoms with Crippen molar-refractivity contribution < 1.29 is 19.1 Å². The van der Waals surface area contributed by atoms with Gasteiger partial charge in [-0.3, -0.25) is 4.79 Å². The highest BCUT2D eigenvalue weighted by molar-refractivity contribution is 6.02. The van der Waals surface area contributed by atoms with E-state index in [0.29, 0.717) is 23.6 Å². The normalized spacial score (nSPS) is 16.4. The molecule has 0 bridgehead atoms. The van der Waals surface area contributed by atoms with E-state index in [1.54, 1.807) is 35.4 Å². The summed E-state index contributed by atoms with van der Waals surface area (Å²) in [5, 5.41) is 9.95. The molecule has 1 aliphatic heterocycles. The van der Waals surface area contributed by atoms with Gasteiger partial charge in [0.2, 0.25) is 0 Å². The number of carbonyl (C=O) groups excluding carboxylic acids is 1. The second-order valence-corrected chi connectivity index (χ2v) is 6.45. The molecule has 0 saturated carbocycles. The molecule has 1 amide bonds. The molecule has 27 heavy (non-hydrogen) atoms. The molecular formula is C21H20N2O4. The molecule has 6 heteroatoms. The Bertz CT molecular complexity index is 968. The first-order valence-electron chi connectivity index (χ1n) is 8.62. The van der Waals surface area contributed by atoms with Crippen LogP contribution in [0.15, 0.2) is 65.3 Å². The van der Waals surface area contributed by atoms with Crippen LogP contribution >= 0.6 is 0 Å². The number of phenols is 1. The van der Waals surface area contributed by atoms with Gasteiger partial charge in [-0.1, -0.05) is 18.2 Å². The molecule has 2 aromatic carbocycles. The Balaban J connectivity index is 1.83. The van der Waals surface area contributed by atoms with Crippen LogP contribution in [0.5, 0.6) is 11.5 Å². The zero-order valence-corrected chi connectivity index (χ0v) is 15.1. The molecule has 6 nitrogen and oxygen atoms in total. The highest BCUT2D eigenvalue weighted by Gasteiger charge is 2.37. The first-order chi connectivity index (χ1) is 13.1. The number of anilines is 1. The van der Waals surface area contributed by atoms with E-state index in [1.165, 1.54) is 7.11 Å². The van der Waals surface area contributed by atoms with Crippen LogP contribution in [0.3, 0.4) is 0 Å². The number of amides is 1. The van der Waals surface area contributed by atoms with E-state index in [4.69, 9.17) is 9.15 Å². The van der Waals surface area contributed by atoms with Crippen molar-refractivity contribution in [3.63, 3.8) is 0 Å². The second kappa shape index (κ2) is 6.72. The molecule has 1 atom stereocenters. The van der Waals surface area contributed by atoms with Gasteiger partial charge in [0.25, 0.3) is 5.91 Å². The fourth-order valence-corrected chi connectivity index (χ4v) is 3.56. The van der Waals surface area contributed by atoms with Crippen LogP contribution in [0.4, 0.5) is 5.69 Å². The summed E-state index contributed by atoms with van der Waals surface area (Å²) < 4.78 is 10.7. The third-order valence-electron chi connectivity index (χ3n) is 4.85. The fourth-order valence-electron chi connectivity index (χ4n) is 3.56. The van der Waals surface area contributed by atoms with Gasteiger partial charge >= 0.3 is 0 Å². The molecule has 4 rings (SSSR count). The molecule has 138 valence electrons. The molecule has 1 aliphatic rings. The van der Waals surface area contributed by atoms with Gasteiger partial charge in [-0.2, -0.15) is 0 Å². The zero-order valence-electron chi connectivity index (χ0n) is 15.1. The number of phenolic OH excluding ortho intramolecular Hbond substituents is 1. The van der Waals surface area contributed by atoms with Crippen LogP contribution in [0, 0.1) is 0 Å².